The van der Waals surface area contributed by atoms with Crippen LogP contribution in [0.5, 0.6) is 5.75 Å². The van der Waals surface area contributed by atoms with E-state index in [-0.39, 0.29) is 23.0 Å². The highest BCUT2D eigenvalue weighted by Gasteiger charge is 2.26. The number of benzene rings is 2. The summed E-state index contributed by atoms with van der Waals surface area (Å²) in [6, 6.07) is 13.7. The Bertz CT molecular complexity index is 1410. The summed E-state index contributed by atoms with van der Waals surface area (Å²) >= 11 is 12.3. The number of aliphatic carboxylic acids is 1. The molecule has 0 saturated carbocycles. The molecule has 0 radical (unpaired) electrons. The Labute approximate surface area is 257 Å². The highest BCUT2D eigenvalue weighted by atomic mass is 35.5. The first-order valence-corrected chi connectivity index (χ1v) is 14.5. The molecule has 3 rings (SSSR count). The summed E-state index contributed by atoms with van der Waals surface area (Å²) in [4.78, 5) is 23.2. The molecule has 0 aliphatic rings. The Morgan fingerprint density at radius 3 is 2.17 bits per heavy atom. The van der Waals surface area contributed by atoms with Crippen molar-refractivity contribution in [3.05, 3.63) is 100 Å². The number of aromatic nitrogens is 2. The number of Topliss-reactive ketones (excluding diaryl/α,β-unsaturated/α-hetero) is 1. The fourth-order valence-corrected chi connectivity index (χ4v) is 4.63. The zero-order valence-electron chi connectivity index (χ0n) is 24.4. The van der Waals surface area contributed by atoms with Gasteiger partial charge >= 0.3 is 5.97 Å². The summed E-state index contributed by atoms with van der Waals surface area (Å²) in [5.41, 5.74) is 2.70. The normalized spacial score (nSPS) is 11.6. The molecular weight excluding hydrogens is 578 g/mol. The van der Waals surface area contributed by atoms with Gasteiger partial charge in [0.25, 0.3) is 0 Å². The quantitative estimate of drug-likeness (QED) is 0.153. The van der Waals surface area contributed by atoms with Crippen LogP contribution >= 0.6 is 23.2 Å². The fourth-order valence-electron chi connectivity index (χ4n) is 4.36. The van der Waals surface area contributed by atoms with Crippen LogP contribution in [0.25, 0.3) is 17.0 Å². The molecule has 0 spiro atoms. The summed E-state index contributed by atoms with van der Waals surface area (Å²) in [6.45, 7) is 10.5. The van der Waals surface area contributed by atoms with Crippen LogP contribution < -0.4 is 4.74 Å². The number of nitrogens with zero attached hydrogens (tertiary/aromatic N) is 2. The standard InChI is InChI=1S/C20H18Cl2N2O4.C13H19F/c1-4-6-16(15(22)5-2)24-19(13-7-9-14(21)10-8-13)20(28-11-17(26)27)18(23-24)12(3)25;1-3-5-11(6-4-2)12-7-9-13(14)10-8-12/h4-10H,1,11H2,2-3H3,(H,26,27);7-11H,3-6H2,1-2H3/b15-5+,16-6+;. The van der Waals surface area contributed by atoms with E-state index in [4.69, 9.17) is 33.0 Å². The molecule has 224 valence electrons. The molecule has 0 saturated heterocycles. The molecule has 0 unspecified atom stereocenters. The van der Waals surface area contributed by atoms with Gasteiger partial charge in [-0.2, -0.15) is 5.10 Å². The van der Waals surface area contributed by atoms with Crippen molar-refractivity contribution in [3.8, 4) is 17.0 Å². The first kappa shape index (κ1) is 34.5. The van der Waals surface area contributed by atoms with E-state index in [1.807, 2.05) is 12.1 Å². The number of ether oxygens (including phenoxy) is 1. The summed E-state index contributed by atoms with van der Waals surface area (Å²) < 4.78 is 19.6. The van der Waals surface area contributed by atoms with Crippen LogP contribution in [-0.2, 0) is 4.79 Å². The van der Waals surface area contributed by atoms with Crippen molar-refractivity contribution >= 4 is 40.7 Å². The largest absolute Gasteiger partial charge is 0.479 e. The molecule has 0 aliphatic heterocycles. The number of carbonyl (C=O) groups excluding carboxylic acids is 1. The lowest BCUT2D eigenvalue weighted by molar-refractivity contribution is -0.139. The van der Waals surface area contributed by atoms with E-state index in [0.717, 1.165) is 0 Å². The predicted molar refractivity (Wildman–Crippen MR) is 169 cm³/mol. The lowest BCUT2D eigenvalue weighted by atomic mass is 9.90. The van der Waals surface area contributed by atoms with E-state index in [1.54, 1.807) is 55.5 Å². The second-order valence-electron chi connectivity index (χ2n) is 9.43. The molecule has 2 aromatic carbocycles. The predicted octanol–water partition coefficient (Wildman–Crippen LogP) is 9.55. The second kappa shape index (κ2) is 17.3. The Kier molecular flexibility index (Phi) is 14.2. The van der Waals surface area contributed by atoms with E-state index in [9.17, 15) is 14.0 Å². The molecular formula is C33H37Cl2FN2O4. The first-order chi connectivity index (χ1) is 20.1. The van der Waals surface area contributed by atoms with Crippen molar-refractivity contribution in [2.24, 2.45) is 0 Å². The van der Waals surface area contributed by atoms with Gasteiger partial charge in [0.05, 0.1) is 10.7 Å². The number of carboxylic acids is 1. The van der Waals surface area contributed by atoms with Crippen LogP contribution in [0.2, 0.25) is 5.02 Å². The molecule has 0 amide bonds. The molecule has 6 nitrogen and oxygen atoms in total. The topological polar surface area (TPSA) is 81.4 Å². The third-order valence-corrected chi connectivity index (χ3v) is 6.91. The monoisotopic (exact) mass is 614 g/mol. The van der Waals surface area contributed by atoms with Crippen molar-refractivity contribution < 1.29 is 23.8 Å². The van der Waals surface area contributed by atoms with Gasteiger partial charge in [-0.05, 0) is 61.6 Å². The van der Waals surface area contributed by atoms with Crippen LogP contribution in [0.4, 0.5) is 4.39 Å². The minimum Gasteiger partial charge on any atom is -0.479 e. The van der Waals surface area contributed by atoms with Crippen LogP contribution in [0, 0.1) is 5.82 Å². The Morgan fingerprint density at radius 2 is 1.69 bits per heavy atom. The zero-order valence-corrected chi connectivity index (χ0v) is 25.9. The van der Waals surface area contributed by atoms with Crippen LogP contribution in [-0.4, -0.2) is 33.2 Å². The average Bonchev–Trinajstić information content (AvgIpc) is 3.35. The number of rotatable bonds is 13. The summed E-state index contributed by atoms with van der Waals surface area (Å²) in [7, 11) is 0. The SMILES string of the molecule is C=C/C=C(\C(Cl)=C/C)n1nc(C(C)=O)c(OCC(=O)O)c1-c1ccc(Cl)cc1.CCCC(CCC)c1ccc(F)cc1. The van der Waals surface area contributed by atoms with Crippen molar-refractivity contribution in [2.75, 3.05) is 6.61 Å². The molecule has 1 heterocycles. The number of hydrogen-bond acceptors (Lipinski definition) is 4. The van der Waals surface area contributed by atoms with Crippen molar-refractivity contribution in [2.45, 2.75) is 59.3 Å². The summed E-state index contributed by atoms with van der Waals surface area (Å²) in [5.74, 6) is -1.04. The lowest BCUT2D eigenvalue weighted by Gasteiger charge is -2.15. The molecule has 9 heteroatoms. The number of carboxylic acid groups (broad SMARTS) is 1. The van der Waals surface area contributed by atoms with E-state index in [0.29, 0.717) is 32.9 Å². The highest BCUT2D eigenvalue weighted by Crippen LogP contribution is 2.38. The summed E-state index contributed by atoms with van der Waals surface area (Å²) in [5, 5.41) is 14.2. The third-order valence-electron chi connectivity index (χ3n) is 6.25. The first-order valence-electron chi connectivity index (χ1n) is 13.7. The minimum atomic E-state index is -1.18. The van der Waals surface area contributed by atoms with Gasteiger partial charge in [0, 0.05) is 17.5 Å². The molecule has 1 N–H and O–H groups in total. The minimum absolute atomic E-state index is 0.0123. The van der Waals surface area contributed by atoms with E-state index in [2.05, 4.69) is 25.5 Å². The lowest BCUT2D eigenvalue weighted by Crippen LogP contribution is -2.11. The number of ketones is 1. The Morgan fingerprint density at radius 1 is 1.10 bits per heavy atom. The molecule has 0 fully saturated rings. The number of carbonyl (C=O) groups is 2. The molecule has 1 aromatic heterocycles. The van der Waals surface area contributed by atoms with Gasteiger partial charge < -0.3 is 9.84 Å². The summed E-state index contributed by atoms with van der Waals surface area (Å²) in [6.07, 6.45) is 9.62. The van der Waals surface area contributed by atoms with E-state index < -0.39 is 12.6 Å². The molecule has 3 aromatic rings. The van der Waals surface area contributed by atoms with Gasteiger partial charge in [-0.25, -0.2) is 13.9 Å². The van der Waals surface area contributed by atoms with Gasteiger partial charge in [0.1, 0.15) is 11.5 Å². The van der Waals surface area contributed by atoms with Gasteiger partial charge in [-0.1, -0.05) is 92.9 Å². The van der Waals surface area contributed by atoms with Gasteiger partial charge in [0.2, 0.25) is 0 Å². The van der Waals surface area contributed by atoms with Crippen LogP contribution in [0.15, 0.2) is 78.4 Å². The van der Waals surface area contributed by atoms with E-state index in [1.165, 1.54) is 48.9 Å². The molecule has 0 bridgehead atoms. The maximum absolute atomic E-state index is 12.7. The van der Waals surface area contributed by atoms with Gasteiger partial charge in [0.15, 0.2) is 23.8 Å². The Balaban J connectivity index is 0.000000369. The highest BCUT2D eigenvalue weighted by molar-refractivity contribution is 6.35. The van der Waals surface area contributed by atoms with Gasteiger partial charge in [-0.3, -0.25) is 4.79 Å². The maximum Gasteiger partial charge on any atom is 0.341 e. The Hall–Kier alpha value is -3.68. The van der Waals surface area contributed by atoms with E-state index >= 15 is 0 Å². The van der Waals surface area contributed by atoms with Gasteiger partial charge in [-0.15, -0.1) is 0 Å². The third kappa shape index (κ3) is 9.71. The molecule has 0 aliphatic carbocycles. The van der Waals surface area contributed by atoms with Crippen molar-refractivity contribution in [3.63, 3.8) is 0 Å². The van der Waals surface area contributed by atoms with Crippen LogP contribution in [0.1, 0.15) is 75.3 Å². The fraction of sp³-hybridized carbons (Fsp3) is 0.303. The number of allylic oxidation sites excluding steroid dienone is 5. The maximum atomic E-state index is 12.7. The smallest absolute Gasteiger partial charge is 0.341 e. The average molecular weight is 616 g/mol. The zero-order chi connectivity index (χ0) is 31.2. The number of halogens is 3. The van der Waals surface area contributed by atoms with Crippen molar-refractivity contribution in [1.29, 1.82) is 0 Å². The van der Waals surface area contributed by atoms with Crippen LogP contribution in [0.3, 0.4) is 0 Å². The molecule has 0 atom stereocenters. The molecule has 42 heavy (non-hydrogen) atoms. The second-order valence-corrected chi connectivity index (χ2v) is 10.3. The number of hydrogen-bond donors (Lipinski definition) is 1. The van der Waals surface area contributed by atoms with Crippen molar-refractivity contribution in [1.82, 2.24) is 9.78 Å².